The maximum absolute atomic E-state index is 13.3. The maximum Gasteiger partial charge on any atom is 0.123 e. The van der Waals surface area contributed by atoms with Crippen molar-refractivity contribution in [2.45, 2.75) is 46.3 Å². The second-order valence-electron chi connectivity index (χ2n) is 6.02. The van der Waals surface area contributed by atoms with Crippen LogP contribution in [0.4, 0.5) is 4.39 Å². The normalized spacial score (nSPS) is 15.3. The molecule has 1 aromatic carbocycles. The number of nitrogens with one attached hydrogen (secondary N) is 1. The van der Waals surface area contributed by atoms with Gasteiger partial charge < -0.3 is 10.1 Å². The quantitative estimate of drug-likeness (QED) is 0.853. The molecule has 1 N–H and O–H groups in total. The summed E-state index contributed by atoms with van der Waals surface area (Å²) in [5.74, 6) is -0.183. The van der Waals surface area contributed by atoms with E-state index in [4.69, 9.17) is 4.74 Å². The fraction of sp³-hybridized carbons (Fsp3) is 0.625. The zero-order valence-corrected chi connectivity index (χ0v) is 12.7. The number of hydrogen-bond acceptors (Lipinski definition) is 2. The molecular formula is C16H26FNO. The lowest BCUT2D eigenvalue weighted by Crippen LogP contribution is -2.48. The molecule has 0 aliphatic rings. The molecule has 1 aromatic rings. The van der Waals surface area contributed by atoms with E-state index < -0.39 is 0 Å². The molecule has 0 aliphatic heterocycles. The van der Waals surface area contributed by atoms with E-state index in [9.17, 15) is 4.39 Å². The molecular weight excluding hydrogens is 241 g/mol. The van der Waals surface area contributed by atoms with Crippen molar-refractivity contribution < 1.29 is 9.13 Å². The molecule has 0 saturated carbocycles. The second-order valence-corrected chi connectivity index (χ2v) is 6.02. The Hall–Kier alpha value is -0.930. The Bertz CT molecular complexity index is 387. The van der Waals surface area contributed by atoms with E-state index in [1.807, 2.05) is 6.07 Å². The third kappa shape index (κ3) is 4.92. The van der Waals surface area contributed by atoms with Crippen LogP contribution in [-0.4, -0.2) is 25.8 Å². The molecule has 0 heterocycles. The van der Waals surface area contributed by atoms with Crippen LogP contribution in [0, 0.1) is 11.2 Å². The Kier molecular flexibility index (Phi) is 5.95. The lowest BCUT2D eigenvalue weighted by Gasteiger charge is -2.36. The third-order valence-corrected chi connectivity index (χ3v) is 3.28. The summed E-state index contributed by atoms with van der Waals surface area (Å²) in [6.07, 6.45) is 0.845. The van der Waals surface area contributed by atoms with Gasteiger partial charge >= 0.3 is 0 Å². The van der Waals surface area contributed by atoms with E-state index >= 15 is 0 Å². The number of hydrogen-bond donors (Lipinski definition) is 1. The predicted octanol–water partition coefficient (Wildman–Crippen LogP) is 3.41. The van der Waals surface area contributed by atoms with Crippen molar-refractivity contribution >= 4 is 0 Å². The minimum atomic E-state index is -0.183. The van der Waals surface area contributed by atoms with Gasteiger partial charge in [0.1, 0.15) is 5.82 Å². The summed E-state index contributed by atoms with van der Waals surface area (Å²) in [5, 5.41) is 3.46. The molecule has 0 bridgehead atoms. The minimum Gasteiger partial charge on any atom is -0.379 e. The van der Waals surface area contributed by atoms with E-state index in [0.717, 1.165) is 18.5 Å². The summed E-state index contributed by atoms with van der Waals surface area (Å²) >= 11 is 0. The van der Waals surface area contributed by atoms with Crippen LogP contribution in [0.15, 0.2) is 24.3 Å². The molecule has 0 aromatic heterocycles. The van der Waals surface area contributed by atoms with Crippen LogP contribution in [0.1, 0.15) is 33.3 Å². The standard InChI is InChI=1S/C16H26FNO/c1-6-18-14(15(19-5)16(2,3)4)11-12-8-7-9-13(17)10-12/h7-10,14-15,18H,6,11H2,1-5H3. The summed E-state index contributed by atoms with van der Waals surface area (Å²) < 4.78 is 18.9. The first-order chi connectivity index (χ1) is 8.88. The molecule has 0 amide bonds. The van der Waals surface area contributed by atoms with Crippen molar-refractivity contribution in [1.82, 2.24) is 5.32 Å². The molecule has 0 aliphatic carbocycles. The highest BCUT2D eigenvalue weighted by atomic mass is 19.1. The van der Waals surface area contributed by atoms with Gasteiger partial charge in [-0.25, -0.2) is 4.39 Å². The van der Waals surface area contributed by atoms with Crippen LogP contribution < -0.4 is 5.32 Å². The fourth-order valence-corrected chi connectivity index (χ4v) is 2.59. The average molecular weight is 267 g/mol. The Morgan fingerprint density at radius 2 is 2.00 bits per heavy atom. The fourth-order valence-electron chi connectivity index (χ4n) is 2.59. The van der Waals surface area contributed by atoms with Crippen molar-refractivity contribution in [3.05, 3.63) is 35.6 Å². The third-order valence-electron chi connectivity index (χ3n) is 3.28. The lowest BCUT2D eigenvalue weighted by molar-refractivity contribution is -0.0106. The monoisotopic (exact) mass is 267 g/mol. The molecule has 2 nitrogen and oxygen atoms in total. The number of methoxy groups -OCH3 is 1. The van der Waals surface area contributed by atoms with Crippen LogP contribution in [0.2, 0.25) is 0 Å². The van der Waals surface area contributed by atoms with Crippen molar-refractivity contribution in [1.29, 1.82) is 0 Å². The highest BCUT2D eigenvalue weighted by Crippen LogP contribution is 2.26. The molecule has 108 valence electrons. The first-order valence-electron chi connectivity index (χ1n) is 6.89. The molecule has 1 rings (SSSR count). The van der Waals surface area contributed by atoms with Crippen molar-refractivity contribution in [3.8, 4) is 0 Å². The van der Waals surface area contributed by atoms with Crippen molar-refractivity contribution in [2.75, 3.05) is 13.7 Å². The summed E-state index contributed by atoms with van der Waals surface area (Å²) in [5.41, 5.74) is 1.03. The van der Waals surface area contributed by atoms with Gasteiger partial charge in [0, 0.05) is 13.2 Å². The number of benzene rings is 1. The van der Waals surface area contributed by atoms with Gasteiger partial charge in [-0.15, -0.1) is 0 Å². The number of ether oxygens (including phenoxy) is 1. The Morgan fingerprint density at radius 3 is 2.47 bits per heavy atom. The highest BCUT2D eigenvalue weighted by molar-refractivity contribution is 5.18. The van der Waals surface area contributed by atoms with E-state index in [-0.39, 0.29) is 23.4 Å². The first-order valence-corrected chi connectivity index (χ1v) is 6.89. The zero-order valence-electron chi connectivity index (χ0n) is 12.7. The van der Waals surface area contributed by atoms with Gasteiger partial charge in [-0.05, 0) is 36.1 Å². The second kappa shape index (κ2) is 7.01. The van der Waals surface area contributed by atoms with Gasteiger partial charge in [-0.3, -0.25) is 0 Å². The van der Waals surface area contributed by atoms with Crippen LogP contribution in [-0.2, 0) is 11.2 Å². The zero-order chi connectivity index (χ0) is 14.5. The maximum atomic E-state index is 13.3. The molecule has 2 unspecified atom stereocenters. The van der Waals surface area contributed by atoms with Gasteiger partial charge in [-0.2, -0.15) is 0 Å². The van der Waals surface area contributed by atoms with Crippen molar-refractivity contribution in [2.24, 2.45) is 5.41 Å². The minimum absolute atomic E-state index is 0.0366. The van der Waals surface area contributed by atoms with E-state index in [2.05, 4.69) is 33.0 Å². The molecule has 0 saturated heterocycles. The van der Waals surface area contributed by atoms with Crippen LogP contribution >= 0.6 is 0 Å². The van der Waals surface area contributed by atoms with E-state index in [0.29, 0.717) is 0 Å². The first kappa shape index (κ1) is 16.1. The molecule has 0 fully saturated rings. The number of halogens is 1. The number of rotatable bonds is 6. The molecule has 0 spiro atoms. The molecule has 3 heteroatoms. The van der Waals surface area contributed by atoms with Gasteiger partial charge in [-0.1, -0.05) is 39.8 Å². The van der Waals surface area contributed by atoms with Gasteiger partial charge in [0.2, 0.25) is 0 Å². The van der Waals surface area contributed by atoms with Gasteiger partial charge in [0.25, 0.3) is 0 Å². The van der Waals surface area contributed by atoms with Crippen LogP contribution in [0.25, 0.3) is 0 Å². The largest absolute Gasteiger partial charge is 0.379 e. The Balaban J connectivity index is 2.88. The summed E-state index contributed by atoms with van der Waals surface area (Å²) in [4.78, 5) is 0. The van der Waals surface area contributed by atoms with Crippen molar-refractivity contribution in [3.63, 3.8) is 0 Å². The van der Waals surface area contributed by atoms with Gasteiger partial charge in [0.05, 0.1) is 6.10 Å². The topological polar surface area (TPSA) is 21.3 Å². The smallest absolute Gasteiger partial charge is 0.123 e. The molecule has 19 heavy (non-hydrogen) atoms. The average Bonchev–Trinajstić information content (AvgIpc) is 2.28. The summed E-state index contributed by atoms with van der Waals surface area (Å²) in [6.45, 7) is 9.44. The lowest BCUT2D eigenvalue weighted by atomic mass is 9.82. The SMILES string of the molecule is CCNC(Cc1cccc(F)c1)C(OC)C(C)(C)C. The van der Waals surface area contributed by atoms with Crippen LogP contribution in [0.5, 0.6) is 0 Å². The predicted molar refractivity (Wildman–Crippen MR) is 77.8 cm³/mol. The summed E-state index contributed by atoms with van der Waals surface area (Å²) in [7, 11) is 1.74. The Labute approximate surface area is 116 Å². The van der Waals surface area contributed by atoms with E-state index in [1.54, 1.807) is 19.2 Å². The molecule has 2 atom stereocenters. The highest BCUT2D eigenvalue weighted by Gasteiger charge is 2.31. The molecule has 0 radical (unpaired) electrons. The number of likely N-dealkylation sites (N-methyl/N-ethyl adjacent to an activating group) is 1. The Morgan fingerprint density at radius 1 is 1.32 bits per heavy atom. The summed E-state index contributed by atoms with van der Waals surface area (Å²) in [6, 6.07) is 6.97. The van der Waals surface area contributed by atoms with Crippen LogP contribution in [0.3, 0.4) is 0 Å². The van der Waals surface area contributed by atoms with Gasteiger partial charge in [0.15, 0.2) is 0 Å². The van der Waals surface area contributed by atoms with E-state index in [1.165, 1.54) is 6.07 Å².